The number of aromatic nitrogens is 2. The van der Waals surface area contributed by atoms with Gasteiger partial charge in [-0.3, -0.25) is 4.79 Å². The largest absolute Gasteiger partial charge is 0.496 e. The van der Waals surface area contributed by atoms with Gasteiger partial charge in [0.25, 0.3) is 0 Å². The van der Waals surface area contributed by atoms with Crippen molar-refractivity contribution in [3.63, 3.8) is 0 Å². The van der Waals surface area contributed by atoms with Gasteiger partial charge in [-0.05, 0) is 29.7 Å². The minimum atomic E-state index is 0.0718. The summed E-state index contributed by atoms with van der Waals surface area (Å²) >= 11 is 0. The molecular formula is C15H18N2O2. The fourth-order valence-electron chi connectivity index (χ4n) is 2.00. The van der Waals surface area contributed by atoms with Gasteiger partial charge in [-0.15, -0.1) is 0 Å². The van der Waals surface area contributed by atoms with Crippen molar-refractivity contribution in [1.82, 2.24) is 9.55 Å². The van der Waals surface area contributed by atoms with Gasteiger partial charge in [-0.2, -0.15) is 0 Å². The number of hydrogen-bond acceptors (Lipinski definition) is 3. The van der Waals surface area contributed by atoms with Crippen LogP contribution in [0.2, 0.25) is 0 Å². The molecule has 0 N–H and O–H groups in total. The molecule has 4 nitrogen and oxygen atoms in total. The van der Waals surface area contributed by atoms with E-state index in [1.54, 1.807) is 30.4 Å². The number of methoxy groups -OCH3 is 1. The lowest BCUT2D eigenvalue weighted by molar-refractivity contribution is 0.0972. The molecule has 0 amide bonds. The predicted molar refractivity (Wildman–Crippen MR) is 73.6 cm³/mol. The number of rotatable bonds is 5. The monoisotopic (exact) mass is 258 g/mol. The summed E-state index contributed by atoms with van der Waals surface area (Å²) in [6, 6.07) is 5.59. The molecule has 100 valence electrons. The van der Waals surface area contributed by atoms with Gasteiger partial charge < -0.3 is 9.30 Å². The van der Waals surface area contributed by atoms with Gasteiger partial charge in [0.2, 0.25) is 0 Å². The Kier molecular flexibility index (Phi) is 4.00. The SMILES string of the molecule is COc1ccc(C(=O)Cn2ccnc2)cc1C(C)C. The Morgan fingerprint density at radius 2 is 2.21 bits per heavy atom. The molecule has 0 saturated heterocycles. The number of Topliss-reactive ketones (excluding diaryl/α,β-unsaturated/α-hetero) is 1. The van der Waals surface area contributed by atoms with Crippen LogP contribution >= 0.6 is 0 Å². The maximum Gasteiger partial charge on any atom is 0.182 e. The topological polar surface area (TPSA) is 44.1 Å². The van der Waals surface area contributed by atoms with Crippen molar-refractivity contribution >= 4 is 5.78 Å². The average Bonchev–Trinajstić information content (AvgIpc) is 2.90. The van der Waals surface area contributed by atoms with Crippen LogP contribution in [0.3, 0.4) is 0 Å². The van der Waals surface area contributed by atoms with Gasteiger partial charge in [0.1, 0.15) is 5.75 Å². The molecule has 4 heteroatoms. The second-order valence-corrected chi connectivity index (χ2v) is 4.77. The molecule has 2 aromatic rings. The molecule has 0 saturated carbocycles. The number of carbonyl (C=O) groups excluding carboxylic acids is 1. The highest BCUT2D eigenvalue weighted by Crippen LogP contribution is 2.27. The van der Waals surface area contributed by atoms with Crippen LogP contribution in [0.5, 0.6) is 5.75 Å². The van der Waals surface area contributed by atoms with E-state index in [-0.39, 0.29) is 5.78 Å². The maximum atomic E-state index is 12.2. The quantitative estimate of drug-likeness (QED) is 0.774. The van der Waals surface area contributed by atoms with Gasteiger partial charge >= 0.3 is 0 Å². The zero-order valence-corrected chi connectivity index (χ0v) is 11.5. The van der Waals surface area contributed by atoms with Crippen LogP contribution in [0.4, 0.5) is 0 Å². The number of carbonyl (C=O) groups is 1. The Hall–Kier alpha value is -2.10. The summed E-state index contributed by atoms with van der Waals surface area (Å²) in [4.78, 5) is 16.1. The standard InChI is InChI=1S/C15H18N2O2/c1-11(2)13-8-12(4-5-15(13)19-3)14(18)9-17-7-6-16-10-17/h4-8,10-11H,9H2,1-3H3. The Bertz CT molecular complexity index is 560. The van der Waals surface area contributed by atoms with Gasteiger partial charge in [-0.25, -0.2) is 4.98 Å². The zero-order chi connectivity index (χ0) is 13.8. The number of nitrogens with zero attached hydrogens (tertiary/aromatic N) is 2. The average molecular weight is 258 g/mol. The number of hydrogen-bond donors (Lipinski definition) is 0. The normalized spacial score (nSPS) is 10.7. The lowest BCUT2D eigenvalue weighted by Crippen LogP contribution is -2.09. The van der Waals surface area contributed by atoms with Crippen molar-refractivity contribution in [2.75, 3.05) is 7.11 Å². The molecule has 0 aliphatic rings. The molecule has 0 spiro atoms. The number of ketones is 1. The summed E-state index contributed by atoms with van der Waals surface area (Å²) in [7, 11) is 1.65. The molecule has 1 heterocycles. The molecule has 0 aliphatic carbocycles. The number of ether oxygens (including phenoxy) is 1. The molecule has 0 radical (unpaired) electrons. The van der Waals surface area contributed by atoms with Crippen LogP contribution < -0.4 is 4.74 Å². The molecule has 0 bridgehead atoms. The molecule has 0 fully saturated rings. The Morgan fingerprint density at radius 3 is 2.79 bits per heavy atom. The van der Waals surface area contributed by atoms with E-state index in [2.05, 4.69) is 18.8 Å². The van der Waals surface area contributed by atoms with Crippen LogP contribution in [0.25, 0.3) is 0 Å². The molecule has 1 aromatic heterocycles. The fraction of sp³-hybridized carbons (Fsp3) is 0.333. The van der Waals surface area contributed by atoms with Crippen molar-refractivity contribution in [2.45, 2.75) is 26.3 Å². The number of imidazole rings is 1. The third-order valence-corrected chi connectivity index (χ3v) is 3.06. The first-order valence-corrected chi connectivity index (χ1v) is 6.28. The molecule has 0 unspecified atom stereocenters. The molecule has 19 heavy (non-hydrogen) atoms. The van der Waals surface area contributed by atoms with Crippen LogP contribution in [0.15, 0.2) is 36.9 Å². The number of benzene rings is 1. The summed E-state index contributed by atoms with van der Waals surface area (Å²) in [5, 5.41) is 0. The fourth-order valence-corrected chi connectivity index (χ4v) is 2.00. The van der Waals surface area contributed by atoms with E-state index in [4.69, 9.17) is 4.74 Å². The lowest BCUT2D eigenvalue weighted by atomic mass is 9.98. The highest BCUT2D eigenvalue weighted by Gasteiger charge is 2.12. The van der Waals surface area contributed by atoms with Crippen molar-refractivity contribution < 1.29 is 9.53 Å². The van der Waals surface area contributed by atoms with E-state index >= 15 is 0 Å². The molecular weight excluding hydrogens is 240 g/mol. The molecule has 0 aliphatic heterocycles. The predicted octanol–water partition coefficient (Wildman–Crippen LogP) is 2.90. The summed E-state index contributed by atoms with van der Waals surface area (Å²) in [6.45, 7) is 4.48. The van der Waals surface area contributed by atoms with Gasteiger partial charge in [0.05, 0.1) is 20.0 Å². The van der Waals surface area contributed by atoms with Crippen LogP contribution in [0, 0.1) is 0 Å². The van der Waals surface area contributed by atoms with E-state index in [1.807, 2.05) is 18.2 Å². The third-order valence-electron chi connectivity index (χ3n) is 3.06. The van der Waals surface area contributed by atoms with Crippen molar-refractivity contribution in [3.8, 4) is 5.75 Å². The first kappa shape index (κ1) is 13.3. The first-order chi connectivity index (χ1) is 9.11. The Labute approximate surface area is 113 Å². The minimum Gasteiger partial charge on any atom is -0.496 e. The van der Waals surface area contributed by atoms with Crippen LogP contribution in [0.1, 0.15) is 35.7 Å². The van der Waals surface area contributed by atoms with Crippen molar-refractivity contribution in [3.05, 3.63) is 48.0 Å². The van der Waals surface area contributed by atoms with E-state index in [9.17, 15) is 4.79 Å². The van der Waals surface area contributed by atoms with E-state index in [0.717, 1.165) is 11.3 Å². The molecule has 1 aromatic carbocycles. The third kappa shape index (κ3) is 3.02. The van der Waals surface area contributed by atoms with Gasteiger partial charge in [-0.1, -0.05) is 13.8 Å². The van der Waals surface area contributed by atoms with Crippen LogP contribution in [-0.4, -0.2) is 22.4 Å². The van der Waals surface area contributed by atoms with Crippen LogP contribution in [-0.2, 0) is 6.54 Å². The maximum absolute atomic E-state index is 12.2. The highest BCUT2D eigenvalue weighted by atomic mass is 16.5. The lowest BCUT2D eigenvalue weighted by Gasteiger charge is -2.13. The van der Waals surface area contributed by atoms with Gasteiger partial charge in [0, 0.05) is 18.0 Å². The minimum absolute atomic E-state index is 0.0718. The van der Waals surface area contributed by atoms with E-state index in [1.165, 1.54) is 0 Å². The van der Waals surface area contributed by atoms with E-state index in [0.29, 0.717) is 18.0 Å². The summed E-state index contributed by atoms with van der Waals surface area (Å²) in [5.74, 6) is 1.22. The van der Waals surface area contributed by atoms with Crippen molar-refractivity contribution in [1.29, 1.82) is 0 Å². The summed E-state index contributed by atoms with van der Waals surface area (Å²) in [5.41, 5.74) is 1.76. The second kappa shape index (κ2) is 5.69. The molecule has 0 atom stereocenters. The highest BCUT2D eigenvalue weighted by molar-refractivity contribution is 5.96. The smallest absolute Gasteiger partial charge is 0.182 e. The zero-order valence-electron chi connectivity index (χ0n) is 11.5. The van der Waals surface area contributed by atoms with E-state index < -0.39 is 0 Å². The molecule has 2 rings (SSSR count). The van der Waals surface area contributed by atoms with Crippen molar-refractivity contribution in [2.24, 2.45) is 0 Å². The Morgan fingerprint density at radius 1 is 1.42 bits per heavy atom. The second-order valence-electron chi connectivity index (χ2n) is 4.77. The van der Waals surface area contributed by atoms with Gasteiger partial charge in [0.15, 0.2) is 5.78 Å². The summed E-state index contributed by atoms with van der Waals surface area (Å²) < 4.78 is 7.09. The summed E-state index contributed by atoms with van der Waals surface area (Å²) in [6.07, 6.45) is 5.09. The Balaban J connectivity index is 2.25. The first-order valence-electron chi connectivity index (χ1n) is 6.28.